The molecule has 2 heteroatoms. The molecule has 0 aliphatic heterocycles. The van der Waals surface area contributed by atoms with Gasteiger partial charge in [0.15, 0.2) is 5.43 Å². The number of aromatic amines is 1. The summed E-state index contributed by atoms with van der Waals surface area (Å²) in [7, 11) is 0. The van der Waals surface area contributed by atoms with E-state index in [-0.39, 0.29) is 5.43 Å². The molecule has 0 bridgehead atoms. The van der Waals surface area contributed by atoms with Gasteiger partial charge in [-0.1, -0.05) is 55.8 Å². The van der Waals surface area contributed by atoms with Crippen LogP contribution in [0.3, 0.4) is 0 Å². The van der Waals surface area contributed by atoms with Gasteiger partial charge in [0.25, 0.3) is 0 Å². The number of aryl methyl sites for hydroxylation is 1. The standard InChI is InChI=1S/C18H17NO/c1-2-7-14-12-17(20)16-11-6-10-15(18(16)19-14)13-8-4-3-5-9-13/h3-6,8-12H,2,7H2,1H3,(H,19,20). The SMILES string of the molecule is CCCc1cc(=O)c2cccc(-c3ccccc3)c2[nH]1. The van der Waals surface area contributed by atoms with Gasteiger partial charge in [-0.15, -0.1) is 0 Å². The van der Waals surface area contributed by atoms with Gasteiger partial charge < -0.3 is 4.98 Å². The normalized spacial score (nSPS) is 10.8. The second-order valence-corrected chi connectivity index (χ2v) is 5.00. The number of hydrogen-bond donors (Lipinski definition) is 1. The molecule has 1 aromatic heterocycles. The van der Waals surface area contributed by atoms with Crippen molar-refractivity contribution in [2.45, 2.75) is 19.8 Å². The smallest absolute Gasteiger partial charge is 0.189 e. The molecule has 20 heavy (non-hydrogen) atoms. The maximum absolute atomic E-state index is 12.2. The first-order chi connectivity index (χ1) is 9.79. The van der Waals surface area contributed by atoms with E-state index in [0.29, 0.717) is 0 Å². The summed E-state index contributed by atoms with van der Waals surface area (Å²) in [6.07, 6.45) is 1.92. The lowest BCUT2D eigenvalue weighted by Gasteiger charge is -2.09. The average molecular weight is 263 g/mol. The zero-order valence-electron chi connectivity index (χ0n) is 11.5. The number of aromatic nitrogens is 1. The Morgan fingerprint density at radius 3 is 2.55 bits per heavy atom. The third kappa shape index (κ3) is 2.25. The zero-order chi connectivity index (χ0) is 13.9. The van der Waals surface area contributed by atoms with E-state index >= 15 is 0 Å². The molecule has 0 saturated heterocycles. The summed E-state index contributed by atoms with van der Waals surface area (Å²) in [5.74, 6) is 0. The minimum atomic E-state index is 0.0972. The molecular weight excluding hydrogens is 246 g/mol. The van der Waals surface area contributed by atoms with Crippen molar-refractivity contribution in [3.05, 3.63) is 70.5 Å². The fraction of sp³-hybridized carbons (Fsp3) is 0.167. The fourth-order valence-electron chi connectivity index (χ4n) is 2.59. The van der Waals surface area contributed by atoms with E-state index in [1.807, 2.05) is 30.3 Å². The van der Waals surface area contributed by atoms with Gasteiger partial charge in [0.05, 0.1) is 5.52 Å². The molecule has 0 aliphatic rings. The van der Waals surface area contributed by atoms with E-state index in [9.17, 15) is 4.79 Å². The van der Waals surface area contributed by atoms with Crippen molar-refractivity contribution in [3.8, 4) is 11.1 Å². The van der Waals surface area contributed by atoms with Gasteiger partial charge in [0.1, 0.15) is 0 Å². The molecule has 2 nitrogen and oxygen atoms in total. The highest BCUT2D eigenvalue weighted by Gasteiger charge is 2.07. The quantitative estimate of drug-likeness (QED) is 0.756. The summed E-state index contributed by atoms with van der Waals surface area (Å²) in [4.78, 5) is 15.7. The first-order valence-corrected chi connectivity index (χ1v) is 7.00. The molecular formula is C18H17NO. The minimum absolute atomic E-state index is 0.0972. The monoisotopic (exact) mass is 263 g/mol. The number of pyridine rings is 1. The van der Waals surface area contributed by atoms with E-state index in [2.05, 4.69) is 30.1 Å². The minimum Gasteiger partial charge on any atom is -0.358 e. The Hall–Kier alpha value is -2.35. The van der Waals surface area contributed by atoms with Crippen molar-refractivity contribution in [2.75, 3.05) is 0 Å². The van der Waals surface area contributed by atoms with Crippen LogP contribution in [0, 0.1) is 0 Å². The van der Waals surface area contributed by atoms with Crippen molar-refractivity contribution in [1.82, 2.24) is 4.98 Å². The number of hydrogen-bond acceptors (Lipinski definition) is 1. The largest absolute Gasteiger partial charge is 0.358 e. The second-order valence-electron chi connectivity index (χ2n) is 5.00. The van der Waals surface area contributed by atoms with Crippen LogP contribution in [0.1, 0.15) is 19.0 Å². The van der Waals surface area contributed by atoms with Crippen LogP contribution >= 0.6 is 0 Å². The van der Waals surface area contributed by atoms with Gasteiger partial charge >= 0.3 is 0 Å². The average Bonchev–Trinajstić information content (AvgIpc) is 2.48. The Morgan fingerprint density at radius 1 is 1.00 bits per heavy atom. The maximum atomic E-state index is 12.2. The predicted octanol–water partition coefficient (Wildman–Crippen LogP) is 4.15. The van der Waals surface area contributed by atoms with Crippen LogP contribution in [0.2, 0.25) is 0 Å². The van der Waals surface area contributed by atoms with Crippen LogP contribution < -0.4 is 5.43 Å². The Morgan fingerprint density at radius 2 is 1.80 bits per heavy atom. The van der Waals surface area contributed by atoms with Gasteiger partial charge in [-0.25, -0.2) is 0 Å². The molecule has 0 atom stereocenters. The van der Waals surface area contributed by atoms with Crippen LogP contribution in [0.25, 0.3) is 22.0 Å². The topological polar surface area (TPSA) is 32.9 Å². The molecule has 1 heterocycles. The van der Waals surface area contributed by atoms with Crippen molar-refractivity contribution in [1.29, 1.82) is 0 Å². The van der Waals surface area contributed by atoms with Gasteiger partial charge in [-0.05, 0) is 18.1 Å². The van der Waals surface area contributed by atoms with Crippen LogP contribution in [0.15, 0.2) is 59.4 Å². The summed E-state index contributed by atoms with van der Waals surface area (Å²) in [6, 6.07) is 17.8. The van der Waals surface area contributed by atoms with Crippen LogP contribution in [-0.4, -0.2) is 4.98 Å². The Balaban J connectivity index is 2.30. The lowest BCUT2D eigenvalue weighted by atomic mass is 10.0. The molecule has 2 aromatic carbocycles. The van der Waals surface area contributed by atoms with E-state index in [4.69, 9.17) is 0 Å². The number of para-hydroxylation sites is 1. The Bertz CT molecular complexity index is 787. The van der Waals surface area contributed by atoms with Crippen molar-refractivity contribution in [3.63, 3.8) is 0 Å². The van der Waals surface area contributed by atoms with E-state index in [1.54, 1.807) is 6.07 Å². The van der Waals surface area contributed by atoms with Crippen molar-refractivity contribution in [2.24, 2.45) is 0 Å². The highest BCUT2D eigenvalue weighted by molar-refractivity contribution is 5.93. The Kier molecular flexibility index (Phi) is 3.38. The molecule has 0 spiro atoms. The fourth-order valence-corrected chi connectivity index (χ4v) is 2.59. The van der Waals surface area contributed by atoms with Gasteiger partial charge in [0, 0.05) is 22.7 Å². The lowest BCUT2D eigenvalue weighted by Crippen LogP contribution is -2.05. The highest BCUT2D eigenvalue weighted by Crippen LogP contribution is 2.25. The zero-order valence-corrected chi connectivity index (χ0v) is 11.5. The Labute approximate surface area is 118 Å². The van der Waals surface area contributed by atoms with Crippen LogP contribution in [-0.2, 0) is 6.42 Å². The summed E-state index contributed by atoms with van der Waals surface area (Å²) in [6.45, 7) is 2.12. The third-order valence-corrected chi connectivity index (χ3v) is 3.52. The molecule has 0 amide bonds. The number of benzene rings is 2. The number of rotatable bonds is 3. The molecule has 0 aliphatic carbocycles. The number of H-pyrrole nitrogens is 1. The van der Waals surface area contributed by atoms with E-state index < -0.39 is 0 Å². The summed E-state index contributed by atoms with van der Waals surface area (Å²) in [5, 5.41) is 0.756. The predicted molar refractivity (Wildman–Crippen MR) is 84.0 cm³/mol. The molecule has 0 saturated carbocycles. The number of fused-ring (bicyclic) bond motifs is 1. The molecule has 100 valence electrons. The highest BCUT2D eigenvalue weighted by atomic mass is 16.1. The molecule has 0 unspecified atom stereocenters. The van der Waals surface area contributed by atoms with Crippen molar-refractivity contribution < 1.29 is 0 Å². The summed E-state index contributed by atoms with van der Waals surface area (Å²) >= 11 is 0. The molecule has 0 radical (unpaired) electrons. The van der Waals surface area contributed by atoms with E-state index in [0.717, 1.165) is 40.6 Å². The third-order valence-electron chi connectivity index (χ3n) is 3.52. The first-order valence-electron chi connectivity index (χ1n) is 7.00. The van der Waals surface area contributed by atoms with Gasteiger partial charge in [-0.2, -0.15) is 0 Å². The van der Waals surface area contributed by atoms with E-state index in [1.165, 1.54) is 0 Å². The first kappa shape index (κ1) is 12.7. The maximum Gasteiger partial charge on any atom is 0.189 e. The molecule has 1 N–H and O–H groups in total. The lowest BCUT2D eigenvalue weighted by molar-refractivity contribution is 0.888. The molecule has 3 rings (SSSR count). The van der Waals surface area contributed by atoms with Crippen molar-refractivity contribution >= 4 is 10.9 Å². The van der Waals surface area contributed by atoms with Crippen LogP contribution in [0.5, 0.6) is 0 Å². The number of nitrogens with one attached hydrogen (secondary N) is 1. The van der Waals surface area contributed by atoms with Gasteiger partial charge in [0.2, 0.25) is 0 Å². The summed E-state index contributed by atoms with van der Waals surface area (Å²) in [5.41, 5.74) is 4.25. The molecule has 0 fully saturated rings. The molecule has 3 aromatic rings. The van der Waals surface area contributed by atoms with Crippen LogP contribution in [0.4, 0.5) is 0 Å². The van der Waals surface area contributed by atoms with Gasteiger partial charge in [-0.3, -0.25) is 4.79 Å². The second kappa shape index (κ2) is 5.33. The summed E-state index contributed by atoms with van der Waals surface area (Å²) < 4.78 is 0.